The first-order valence-electron chi connectivity index (χ1n) is 8.58. The molecule has 3 rings (SSSR count). The molecule has 0 unspecified atom stereocenters. The summed E-state index contributed by atoms with van der Waals surface area (Å²) in [7, 11) is 1.28. The first-order chi connectivity index (χ1) is 12.4. The minimum absolute atomic E-state index is 0.104. The molecule has 2 aromatic rings. The highest BCUT2D eigenvalue weighted by Crippen LogP contribution is 2.40. The van der Waals surface area contributed by atoms with Crippen LogP contribution in [0.15, 0.2) is 36.4 Å². The molecule has 0 aromatic heterocycles. The lowest BCUT2D eigenvalue weighted by Gasteiger charge is -2.33. The monoisotopic (exact) mass is 350 g/mol. The summed E-state index contributed by atoms with van der Waals surface area (Å²) >= 11 is 0. The Morgan fingerprint density at radius 3 is 2.85 bits per heavy atom. The second-order valence-corrected chi connectivity index (χ2v) is 6.98. The third kappa shape index (κ3) is 3.52. The summed E-state index contributed by atoms with van der Waals surface area (Å²) in [6.45, 7) is 5.18. The summed E-state index contributed by atoms with van der Waals surface area (Å²) in [5, 5.41) is 9.94. The van der Waals surface area contributed by atoms with Crippen LogP contribution >= 0.6 is 0 Å². The van der Waals surface area contributed by atoms with Gasteiger partial charge in [0.25, 0.3) is 0 Å². The summed E-state index contributed by atoms with van der Waals surface area (Å²) in [6.07, 6.45) is 1.56. The van der Waals surface area contributed by atoms with Crippen LogP contribution in [0.25, 0.3) is 0 Å². The van der Waals surface area contributed by atoms with E-state index in [1.165, 1.54) is 24.8 Å². The van der Waals surface area contributed by atoms with E-state index in [1.54, 1.807) is 6.07 Å². The number of rotatable bonds is 2. The number of hydrogen-bond acceptors (Lipinski definition) is 4. The van der Waals surface area contributed by atoms with E-state index in [4.69, 9.17) is 4.74 Å². The zero-order valence-corrected chi connectivity index (χ0v) is 15.3. The van der Waals surface area contributed by atoms with Crippen LogP contribution < -0.4 is 4.74 Å². The Labute approximate surface area is 153 Å². The highest BCUT2D eigenvalue weighted by molar-refractivity contribution is 5.92. The number of methoxy groups -OCH3 is 1. The number of phenols is 1. The Bertz CT molecular complexity index is 900. The second kappa shape index (κ2) is 7.13. The van der Waals surface area contributed by atoms with Gasteiger partial charge in [0.1, 0.15) is 17.1 Å². The van der Waals surface area contributed by atoms with Gasteiger partial charge in [-0.2, -0.15) is 0 Å². The standard InChI is InChI=1S/C22H22O4/c1-22(2)12-13-26-20-16(8-5-9-18(20)22)7-4-6-15-10-11-17(19(23)14-15)21(24)25-3/h5,8-11,14,23H,7,12-13H2,1-3H3. The maximum Gasteiger partial charge on any atom is 0.341 e. The van der Waals surface area contributed by atoms with Crippen LogP contribution in [-0.4, -0.2) is 24.8 Å². The number of carbonyl (C=O) groups is 1. The Balaban J connectivity index is 1.81. The molecule has 0 radical (unpaired) electrons. The molecule has 4 heteroatoms. The van der Waals surface area contributed by atoms with E-state index in [-0.39, 0.29) is 16.7 Å². The molecule has 2 aromatic carbocycles. The van der Waals surface area contributed by atoms with Gasteiger partial charge in [0.2, 0.25) is 0 Å². The minimum Gasteiger partial charge on any atom is -0.507 e. The molecule has 0 amide bonds. The Morgan fingerprint density at radius 2 is 2.12 bits per heavy atom. The number of phenolic OH excluding ortho intramolecular Hbond substituents is 1. The molecule has 0 saturated carbocycles. The van der Waals surface area contributed by atoms with Crippen molar-refractivity contribution in [1.82, 2.24) is 0 Å². The predicted octanol–water partition coefficient (Wildman–Crippen LogP) is 3.83. The number of aromatic hydroxyl groups is 1. The van der Waals surface area contributed by atoms with Crippen LogP contribution in [0.3, 0.4) is 0 Å². The number of fused-ring (bicyclic) bond motifs is 1. The van der Waals surface area contributed by atoms with Crippen LogP contribution in [-0.2, 0) is 16.6 Å². The van der Waals surface area contributed by atoms with Crippen molar-refractivity contribution >= 4 is 5.97 Å². The van der Waals surface area contributed by atoms with Gasteiger partial charge >= 0.3 is 5.97 Å². The maximum atomic E-state index is 11.5. The quantitative estimate of drug-likeness (QED) is 0.661. The number of hydrogen-bond donors (Lipinski definition) is 1. The van der Waals surface area contributed by atoms with Gasteiger partial charge in [0, 0.05) is 23.1 Å². The van der Waals surface area contributed by atoms with Crippen molar-refractivity contribution in [3.63, 3.8) is 0 Å². The van der Waals surface area contributed by atoms with Crippen molar-refractivity contribution in [3.8, 4) is 23.3 Å². The predicted molar refractivity (Wildman–Crippen MR) is 99.6 cm³/mol. The summed E-state index contributed by atoms with van der Waals surface area (Å²) in [5.41, 5.74) is 3.17. The van der Waals surface area contributed by atoms with Crippen molar-refractivity contribution in [3.05, 3.63) is 58.7 Å². The fourth-order valence-electron chi connectivity index (χ4n) is 3.10. The first kappa shape index (κ1) is 17.9. The third-order valence-electron chi connectivity index (χ3n) is 4.71. The van der Waals surface area contributed by atoms with E-state index in [0.29, 0.717) is 18.6 Å². The molecule has 134 valence electrons. The maximum absolute atomic E-state index is 11.5. The van der Waals surface area contributed by atoms with Gasteiger partial charge in [-0.25, -0.2) is 4.79 Å². The number of carbonyl (C=O) groups excluding carboxylic acids is 1. The molecular formula is C22H22O4. The number of benzene rings is 2. The molecule has 1 N–H and O–H groups in total. The fourth-order valence-corrected chi connectivity index (χ4v) is 3.10. The van der Waals surface area contributed by atoms with Crippen molar-refractivity contribution in [2.45, 2.75) is 32.1 Å². The Hall–Kier alpha value is -2.93. The fraction of sp³-hybridized carbons (Fsp3) is 0.318. The smallest absolute Gasteiger partial charge is 0.341 e. The van der Waals surface area contributed by atoms with Gasteiger partial charge in [0.05, 0.1) is 13.7 Å². The lowest BCUT2D eigenvalue weighted by Crippen LogP contribution is -2.27. The van der Waals surface area contributed by atoms with Gasteiger partial charge in [0.15, 0.2) is 0 Å². The molecule has 1 aliphatic rings. The second-order valence-electron chi connectivity index (χ2n) is 6.98. The van der Waals surface area contributed by atoms with Crippen molar-refractivity contribution in [2.24, 2.45) is 0 Å². The van der Waals surface area contributed by atoms with Gasteiger partial charge < -0.3 is 14.6 Å². The average molecular weight is 350 g/mol. The van der Waals surface area contributed by atoms with E-state index in [9.17, 15) is 9.90 Å². The van der Waals surface area contributed by atoms with Gasteiger partial charge in [-0.3, -0.25) is 0 Å². The van der Waals surface area contributed by atoms with Crippen LogP contribution in [0.2, 0.25) is 0 Å². The molecule has 0 saturated heterocycles. The van der Waals surface area contributed by atoms with Crippen LogP contribution in [0, 0.1) is 11.8 Å². The molecule has 0 spiro atoms. The number of esters is 1. The van der Waals surface area contributed by atoms with Crippen molar-refractivity contribution in [2.75, 3.05) is 13.7 Å². The number of para-hydroxylation sites is 1. The highest BCUT2D eigenvalue weighted by atomic mass is 16.5. The summed E-state index contributed by atoms with van der Waals surface area (Å²) in [6, 6.07) is 10.9. The van der Waals surface area contributed by atoms with E-state index < -0.39 is 5.97 Å². The third-order valence-corrected chi connectivity index (χ3v) is 4.71. The molecule has 0 bridgehead atoms. The summed E-state index contributed by atoms with van der Waals surface area (Å²) < 4.78 is 10.5. The van der Waals surface area contributed by atoms with Gasteiger partial charge in [-0.05, 0) is 30.0 Å². The first-order valence-corrected chi connectivity index (χ1v) is 8.58. The Morgan fingerprint density at radius 1 is 1.31 bits per heavy atom. The number of ether oxygens (including phenoxy) is 2. The zero-order valence-electron chi connectivity index (χ0n) is 15.3. The molecule has 4 nitrogen and oxygen atoms in total. The van der Waals surface area contributed by atoms with E-state index in [0.717, 1.165) is 17.7 Å². The average Bonchev–Trinajstić information content (AvgIpc) is 2.61. The molecule has 0 aliphatic carbocycles. The van der Waals surface area contributed by atoms with Crippen molar-refractivity contribution in [1.29, 1.82) is 0 Å². The molecular weight excluding hydrogens is 328 g/mol. The normalized spacial score (nSPS) is 14.4. The minimum atomic E-state index is -0.572. The van der Waals surface area contributed by atoms with Crippen LogP contribution in [0.1, 0.15) is 47.3 Å². The molecule has 26 heavy (non-hydrogen) atoms. The van der Waals surface area contributed by atoms with E-state index >= 15 is 0 Å². The van der Waals surface area contributed by atoms with E-state index in [2.05, 4.69) is 36.5 Å². The molecule has 1 heterocycles. The SMILES string of the molecule is COC(=O)c1ccc(C#CCc2cccc3c2OCCC3(C)C)cc1O. The summed E-state index contributed by atoms with van der Waals surface area (Å²) in [4.78, 5) is 11.5. The van der Waals surface area contributed by atoms with Crippen LogP contribution in [0.4, 0.5) is 0 Å². The Kier molecular flexibility index (Phi) is 4.90. The lowest BCUT2D eigenvalue weighted by molar-refractivity contribution is 0.0597. The molecule has 0 atom stereocenters. The van der Waals surface area contributed by atoms with E-state index in [1.807, 2.05) is 12.1 Å². The summed E-state index contributed by atoms with van der Waals surface area (Å²) in [5.74, 6) is 6.40. The van der Waals surface area contributed by atoms with Gasteiger partial charge in [-0.1, -0.05) is 43.9 Å². The largest absolute Gasteiger partial charge is 0.507 e. The lowest BCUT2D eigenvalue weighted by atomic mass is 9.79. The van der Waals surface area contributed by atoms with Gasteiger partial charge in [-0.15, -0.1) is 0 Å². The molecule has 1 aliphatic heterocycles. The van der Waals surface area contributed by atoms with Crippen LogP contribution in [0.5, 0.6) is 11.5 Å². The highest BCUT2D eigenvalue weighted by Gasteiger charge is 2.29. The topological polar surface area (TPSA) is 55.8 Å². The molecule has 0 fully saturated rings. The zero-order chi connectivity index (χ0) is 18.7. The van der Waals surface area contributed by atoms with Crippen molar-refractivity contribution < 1.29 is 19.4 Å².